The van der Waals surface area contributed by atoms with E-state index < -0.39 is 0 Å². The summed E-state index contributed by atoms with van der Waals surface area (Å²) in [6.07, 6.45) is 6.49. The Bertz CT molecular complexity index is 705. The number of rotatable bonds is 7. The zero-order valence-electron chi connectivity index (χ0n) is 15.7. The van der Waals surface area contributed by atoms with E-state index in [0.717, 1.165) is 41.4 Å². The number of carbonyl (C=O) groups is 1. The molecule has 1 amide bonds. The molecule has 0 bridgehead atoms. The summed E-state index contributed by atoms with van der Waals surface area (Å²) >= 11 is 1.60. The Hall–Kier alpha value is -1.88. The van der Waals surface area contributed by atoms with Gasteiger partial charge in [-0.15, -0.1) is 11.3 Å². The maximum Gasteiger partial charge on any atom is 0.228 e. The molecule has 1 saturated carbocycles. The summed E-state index contributed by atoms with van der Waals surface area (Å²) in [5.74, 6) is 1.08. The fraction of sp³-hybridized carbons (Fsp3) is 0.524. The predicted octanol–water partition coefficient (Wildman–Crippen LogP) is 4.93. The van der Waals surface area contributed by atoms with Crippen molar-refractivity contribution < 1.29 is 9.53 Å². The number of amides is 1. The lowest BCUT2D eigenvalue weighted by Crippen LogP contribution is -2.42. The van der Waals surface area contributed by atoms with E-state index in [0.29, 0.717) is 19.1 Å². The van der Waals surface area contributed by atoms with Crippen molar-refractivity contribution in [1.82, 2.24) is 9.88 Å². The molecule has 1 aliphatic carbocycles. The van der Waals surface area contributed by atoms with Gasteiger partial charge in [0.25, 0.3) is 0 Å². The van der Waals surface area contributed by atoms with Gasteiger partial charge in [-0.1, -0.05) is 19.3 Å². The third-order valence-electron chi connectivity index (χ3n) is 4.97. The van der Waals surface area contributed by atoms with Gasteiger partial charge in [0, 0.05) is 23.5 Å². The van der Waals surface area contributed by atoms with Crippen LogP contribution in [0, 0.1) is 0 Å². The molecule has 4 nitrogen and oxygen atoms in total. The van der Waals surface area contributed by atoms with Gasteiger partial charge < -0.3 is 9.64 Å². The zero-order valence-corrected chi connectivity index (χ0v) is 16.6. The Balaban J connectivity index is 1.64. The molecule has 26 heavy (non-hydrogen) atoms. The van der Waals surface area contributed by atoms with E-state index in [1.54, 1.807) is 11.3 Å². The zero-order chi connectivity index (χ0) is 18.4. The molecule has 2 aromatic rings. The smallest absolute Gasteiger partial charge is 0.228 e. The molecular formula is C21H28N2O2S. The Labute approximate surface area is 160 Å². The van der Waals surface area contributed by atoms with E-state index >= 15 is 0 Å². The summed E-state index contributed by atoms with van der Waals surface area (Å²) in [6, 6.07) is 8.40. The van der Waals surface area contributed by atoms with Gasteiger partial charge in [-0.05, 0) is 51.0 Å². The highest BCUT2D eigenvalue weighted by atomic mass is 32.1. The summed E-state index contributed by atoms with van der Waals surface area (Å²) in [6.45, 7) is 5.51. The molecule has 1 aliphatic rings. The van der Waals surface area contributed by atoms with Gasteiger partial charge in [0.15, 0.2) is 0 Å². The molecule has 0 unspecified atom stereocenters. The van der Waals surface area contributed by atoms with Crippen LogP contribution in [0.1, 0.15) is 51.6 Å². The number of ether oxygens (including phenoxy) is 1. The molecule has 5 heteroatoms. The molecule has 0 saturated heterocycles. The average molecular weight is 373 g/mol. The molecule has 1 aromatic carbocycles. The Kier molecular flexibility index (Phi) is 6.67. The van der Waals surface area contributed by atoms with Gasteiger partial charge in [-0.3, -0.25) is 4.79 Å². The van der Waals surface area contributed by atoms with E-state index in [9.17, 15) is 4.79 Å². The van der Waals surface area contributed by atoms with Gasteiger partial charge in [-0.25, -0.2) is 4.98 Å². The van der Waals surface area contributed by atoms with Crippen molar-refractivity contribution in [2.24, 2.45) is 0 Å². The van der Waals surface area contributed by atoms with Crippen molar-refractivity contribution in [2.75, 3.05) is 13.2 Å². The second kappa shape index (κ2) is 9.17. The summed E-state index contributed by atoms with van der Waals surface area (Å²) in [5.41, 5.74) is 1.94. The largest absolute Gasteiger partial charge is 0.494 e. The molecule has 1 fully saturated rings. The van der Waals surface area contributed by atoms with Crippen LogP contribution < -0.4 is 4.74 Å². The number of likely N-dealkylation sites (N-methyl/N-ethyl adjacent to an activating group) is 1. The first kappa shape index (κ1) is 18.9. The number of benzene rings is 1. The second-order valence-electron chi connectivity index (χ2n) is 6.75. The number of hydrogen-bond donors (Lipinski definition) is 0. The van der Waals surface area contributed by atoms with Crippen molar-refractivity contribution >= 4 is 17.2 Å². The van der Waals surface area contributed by atoms with E-state index in [2.05, 4.69) is 16.8 Å². The lowest BCUT2D eigenvalue weighted by molar-refractivity contribution is -0.133. The van der Waals surface area contributed by atoms with Crippen LogP contribution in [-0.4, -0.2) is 35.0 Å². The first-order chi connectivity index (χ1) is 12.7. The maximum atomic E-state index is 12.8. The molecule has 0 aliphatic heterocycles. The van der Waals surface area contributed by atoms with E-state index in [1.165, 1.54) is 19.3 Å². The minimum Gasteiger partial charge on any atom is -0.494 e. The highest BCUT2D eigenvalue weighted by molar-refractivity contribution is 7.13. The highest BCUT2D eigenvalue weighted by Gasteiger charge is 2.24. The van der Waals surface area contributed by atoms with Gasteiger partial charge in [0.2, 0.25) is 5.91 Å². The fourth-order valence-electron chi connectivity index (χ4n) is 3.67. The molecule has 0 atom stereocenters. The van der Waals surface area contributed by atoms with Crippen LogP contribution in [0.3, 0.4) is 0 Å². The number of aromatic nitrogens is 1. The first-order valence-corrected chi connectivity index (χ1v) is 10.6. The number of thiazole rings is 1. The van der Waals surface area contributed by atoms with Crippen LogP contribution in [0.25, 0.3) is 10.6 Å². The maximum absolute atomic E-state index is 12.8. The summed E-state index contributed by atoms with van der Waals surface area (Å²) in [5, 5.41) is 2.97. The van der Waals surface area contributed by atoms with Crippen molar-refractivity contribution in [3.05, 3.63) is 35.3 Å². The van der Waals surface area contributed by atoms with Crippen LogP contribution in [0.4, 0.5) is 0 Å². The van der Waals surface area contributed by atoms with E-state index in [4.69, 9.17) is 4.74 Å². The van der Waals surface area contributed by atoms with Crippen LogP contribution >= 0.6 is 11.3 Å². The van der Waals surface area contributed by atoms with Gasteiger partial charge >= 0.3 is 0 Å². The standard InChI is InChI=1S/C21H28N2O2S/c1-3-23(18-8-6-5-7-9-18)20(24)14-17-15-26-21(22-17)16-10-12-19(13-11-16)25-4-2/h10-13,15,18H,3-9,14H2,1-2H3. The van der Waals surface area contributed by atoms with E-state index in [1.807, 2.05) is 36.6 Å². The normalized spacial score (nSPS) is 15.0. The molecule has 0 N–H and O–H groups in total. The number of nitrogens with zero attached hydrogens (tertiary/aromatic N) is 2. The van der Waals surface area contributed by atoms with E-state index in [-0.39, 0.29) is 5.91 Å². The summed E-state index contributed by atoms with van der Waals surface area (Å²) < 4.78 is 5.48. The summed E-state index contributed by atoms with van der Waals surface area (Å²) in [4.78, 5) is 19.5. The number of carbonyl (C=O) groups excluding carboxylic acids is 1. The first-order valence-electron chi connectivity index (χ1n) is 9.68. The third-order valence-corrected chi connectivity index (χ3v) is 5.91. The van der Waals surface area contributed by atoms with Crippen LogP contribution in [0.15, 0.2) is 29.6 Å². The summed E-state index contributed by atoms with van der Waals surface area (Å²) in [7, 11) is 0. The Morgan fingerprint density at radius 1 is 1.19 bits per heavy atom. The van der Waals surface area contributed by atoms with Crippen molar-refractivity contribution in [3.63, 3.8) is 0 Å². The van der Waals surface area contributed by atoms with Crippen molar-refractivity contribution in [2.45, 2.75) is 58.4 Å². The third kappa shape index (κ3) is 4.64. The molecule has 1 heterocycles. The minimum absolute atomic E-state index is 0.211. The number of hydrogen-bond acceptors (Lipinski definition) is 4. The quantitative estimate of drug-likeness (QED) is 0.692. The lowest BCUT2D eigenvalue weighted by Gasteiger charge is -2.33. The molecule has 0 spiro atoms. The second-order valence-corrected chi connectivity index (χ2v) is 7.61. The molecular weight excluding hydrogens is 344 g/mol. The van der Waals surface area contributed by atoms with Gasteiger partial charge in [0.05, 0.1) is 18.7 Å². The van der Waals surface area contributed by atoms with Crippen molar-refractivity contribution in [1.29, 1.82) is 0 Å². The molecule has 140 valence electrons. The Morgan fingerprint density at radius 3 is 2.58 bits per heavy atom. The van der Waals surface area contributed by atoms with Crippen LogP contribution in [0.5, 0.6) is 5.75 Å². The van der Waals surface area contributed by atoms with Gasteiger partial charge in [-0.2, -0.15) is 0 Å². The Morgan fingerprint density at radius 2 is 1.92 bits per heavy atom. The molecule has 3 rings (SSSR count). The molecule has 1 aromatic heterocycles. The average Bonchev–Trinajstić information content (AvgIpc) is 3.12. The highest BCUT2D eigenvalue weighted by Crippen LogP contribution is 2.27. The minimum atomic E-state index is 0.211. The lowest BCUT2D eigenvalue weighted by atomic mass is 9.94. The molecule has 0 radical (unpaired) electrons. The van der Waals surface area contributed by atoms with Gasteiger partial charge in [0.1, 0.15) is 10.8 Å². The van der Waals surface area contributed by atoms with Crippen LogP contribution in [-0.2, 0) is 11.2 Å². The monoisotopic (exact) mass is 372 g/mol. The SMILES string of the molecule is CCOc1ccc(-c2nc(CC(=O)N(CC)C3CCCCC3)cs2)cc1. The van der Waals surface area contributed by atoms with Crippen LogP contribution in [0.2, 0.25) is 0 Å². The topological polar surface area (TPSA) is 42.4 Å². The van der Waals surface area contributed by atoms with Crippen molar-refractivity contribution in [3.8, 4) is 16.3 Å². The fourth-order valence-corrected chi connectivity index (χ4v) is 4.49. The predicted molar refractivity (Wildman–Crippen MR) is 107 cm³/mol.